The van der Waals surface area contributed by atoms with E-state index in [1.807, 2.05) is 43.2 Å². The fraction of sp³-hybridized carbons (Fsp3) is 0.292. The number of rotatable bonds is 7. The molecule has 0 aliphatic carbocycles. The number of allylic oxidation sites excluding steroid dienone is 2. The molecule has 1 atom stereocenters. The molecule has 2 heterocycles. The van der Waals surface area contributed by atoms with Crippen LogP contribution in [-0.2, 0) is 6.18 Å². The van der Waals surface area contributed by atoms with E-state index in [9.17, 15) is 13.2 Å². The van der Waals surface area contributed by atoms with Crippen LogP contribution in [0.2, 0.25) is 0 Å². The molecule has 0 saturated heterocycles. The van der Waals surface area contributed by atoms with E-state index in [0.717, 1.165) is 36.5 Å². The summed E-state index contributed by atoms with van der Waals surface area (Å²) in [5, 5.41) is 6.51. The highest BCUT2D eigenvalue weighted by Crippen LogP contribution is 2.32. The third kappa shape index (κ3) is 5.63. The van der Waals surface area contributed by atoms with Crippen LogP contribution in [0.25, 0.3) is 5.70 Å². The molecule has 1 unspecified atom stereocenters. The van der Waals surface area contributed by atoms with Gasteiger partial charge in [-0.25, -0.2) is 4.99 Å². The maximum atomic E-state index is 12.9. The molecule has 2 N–H and O–H groups in total. The molecule has 0 bridgehead atoms. The highest BCUT2D eigenvalue weighted by molar-refractivity contribution is 5.95. The summed E-state index contributed by atoms with van der Waals surface area (Å²) >= 11 is 0. The molecule has 170 valence electrons. The molecule has 0 spiro atoms. The van der Waals surface area contributed by atoms with E-state index in [2.05, 4.69) is 29.1 Å². The predicted molar refractivity (Wildman–Crippen MR) is 120 cm³/mol. The first-order valence-electron chi connectivity index (χ1n) is 10.3. The summed E-state index contributed by atoms with van der Waals surface area (Å²) in [6.07, 6.45) is 1.44. The van der Waals surface area contributed by atoms with Crippen molar-refractivity contribution in [1.82, 2.24) is 15.5 Å². The van der Waals surface area contributed by atoms with Crippen LogP contribution in [0.15, 0.2) is 82.2 Å². The third-order valence-electron chi connectivity index (χ3n) is 5.03. The van der Waals surface area contributed by atoms with E-state index in [4.69, 9.17) is 4.42 Å². The van der Waals surface area contributed by atoms with Crippen molar-refractivity contribution in [1.29, 1.82) is 0 Å². The number of amidine groups is 1. The molecule has 0 saturated carbocycles. The van der Waals surface area contributed by atoms with Gasteiger partial charge < -0.3 is 20.0 Å². The van der Waals surface area contributed by atoms with Crippen molar-refractivity contribution in [3.8, 4) is 0 Å². The minimum Gasteiger partial charge on any atom is -0.463 e. The number of aliphatic imine (C=N–C) groups is 1. The summed E-state index contributed by atoms with van der Waals surface area (Å²) in [6, 6.07) is 8.75. The molecule has 1 aliphatic rings. The molecule has 0 radical (unpaired) electrons. The highest BCUT2D eigenvalue weighted by Gasteiger charge is 2.31. The van der Waals surface area contributed by atoms with E-state index in [0.29, 0.717) is 22.9 Å². The number of hydrogen-bond donors (Lipinski definition) is 2. The minimum absolute atomic E-state index is 0.454. The quantitative estimate of drug-likeness (QED) is 0.539. The van der Waals surface area contributed by atoms with Crippen molar-refractivity contribution in [2.75, 3.05) is 13.6 Å². The first-order valence-corrected chi connectivity index (χ1v) is 10.3. The molecule has 5 nitrogen and oxygen atoms in total. The second kappa shape index (κ2) is 9.80. The number of furan rings is 1. The third-order valence-corrected chi connectivity index (χ3v) is 5.03. The van der Waals surface area contributed by atoms with Gasteiger partial charge in [0.15, 0.2) is 0 Å². The zero-order valence-corrected chi connectivity index (χ0v) is 18.3. The zero-order valence-electron chi connectivity index (χ0n) is 18.3. The number of nitrogens with zero attached hydrogens (tertiary/aromatic N) is 2. The van der Waals surface area contributed by atoms with Gasteiger partial charge in [-0.2, -0.15) is 13.2 Å². The van der Waals surface area contributed by atoms with Gasteiger partial charge in [0, 0.05) is 25.0 Å². The molecule has 32 heavy (non-hydrogen) atoms. The van der Waals surface area contributed by atoms with Crippen LogP contribution in [0, 0.1) is 0 Å². The molecular weight excluding hydrogens is 417 g/mol. The van der Waals surface area contributed by atoms with Gasteiger partial charge >= 0.3 is 6.18 Å². The average Bonchev–Trinajstić information content (AvgIpc) is 3.28. The maximum Gasteiger partial charge on any atom is 0.416 e. The summed E-state index contributed by atoms with van der Waals surface area (Å²) in [7, 11) is 1.85. The Kier molecular flexibility index (Phi) is 7.12. The van der Waals surface area contributed by atoms with Crippen molar-refractivity contribution in [2.24, 2.45) is 4.99 Å². The van der Waals surface area contributed by atoms with E-state index < -0.39 is 17.9 Å². The largest absolute Gasteiger partial charge is 0.463 e. The van der Waals surface area contributed by atoms with Crippen LogP contribution in [0.4, 0.5) is 13.2 Å². The lowest BCUT2D eigenvalue weighted by molar-refractivity contribution is -0.137. The summed E-state index contributed by atoms with van der Waals surface area (Å²) in [6.45, 7) is 8.84. The summed E-state index contributed by atoms with van der Waals surface area (Å²) < 4.78 is 44.2. The predicted octanol–water partition coefficient (Wildman–Crippen LogP) is 5.69. The maximum absolute atomic E-state index is 12.9. The van der Waals surface area contributed by atoms with Crippen LogP contribution < -0.4 is 10.6 Å². The van der Waals surface area contributed by atoms with E-state index in [1.165, 1.54) is 12.1 Å². The lowest BCUT2D eigenvalue weighted by Gasteiger charge is -2.32. The zero-order chi connectivity index (χ0) is 23.3. The first kappa shape index (κ1) is 23.2. The lowest BCUT2D eigenvalue weighted by atomic mass is 10.1. The number of halogens is 3. The number of hydrogen-bond acceptors (Lipinski definition) is 5. The molecule has 8 heteroatoms. The van der Waals surface area contributed by atoms with Crippen molar-refractivity contribution in [3.05, 3.63) is 89.7 Å². The smallest absolute Gasteiger partial charge is 0.416 e. The Hall–Kier alpha value is -3.42. The standard InChI is InChI=1S/C24H27F3N4O/c1-5-12-28-20(21-7-6-13-32-21)14-16(2)29-22-15-17(3)31(4)23(30-22)18-8-10-19(11-9-18)24(25,26)27/h6-11,13-15,23,28H,2,5,12H2,1,3-4H3,(H,29,30)/b20-14-. The lowest BCUT2D eigenvalue weighted by Crippen LogP contribution is -2.32. The summed E-state index contributed by atoms with van der Waals surface area (Å²) in [4.78, 5) is 6.59. The van der Waals surface area contributed by atoms with Gasteiger partial charge in [0.05, 0.1) is 17.5 Å². The Labute approximate surface area is 186 Å². The highest BCUT2D eigenvalue weighted by atomic mass is 19.4. The second-order valence-electron chi connectivity index (χ2n) is 7.52. The summed E-state index contributed by atoms with van der Waals surface area (Å²) in [5.74, 6) is 1.27. The minimum atomic E-state index is -4.37. The van der Waals surface area contributed by atoms with Gasteiger partial charge in [0.25, 0.3) is 0 Å². The number of alkyl halides is 3. The fourth-order valence-electron chi connectivity index (χ4n) is 3.23. The topological polar surface area (TPSA) is 52.8 Å². The second-order valence-corrected chi connectivity index (χ2v) is 7.52. The Bertz CT molecular complexity index is 1020. The molecule has 2 aromatic rings. The molecule has 1 aliphatic heterocycles. The van der Waals surface area contributed by atoms with E-state index in [-0.39, 0.29) is 0 Å². The number of nitrogens with one attached hydrogen (secondary N) is 2. The van der Waals surface area contributed by atoms with Gasteiger partial charge in [0.2, 0.25) is 0 Å². The van der Waals surface area contributed by atoms with Gasteiger partial charge in [0.1, 0.15) is 17.8 Å². The molecule has 0 amide bonds. The fourth-order valence-corrected chi connectivity index (χ4v) is 3.23. The molecular formula is C24H27F3N4O. The van der Waals surface area contributed by atoms with E-state index in [1.54, 1.807) is 6.26 Å². The van der Waals surface area contributed by atoms with Crippen molar-refractivity contribution in [3.63, 3.8) is 0 Å². The van der Waals surface area contributed by atoms with Crippen molar-refractivity contribution < 1.29 is 17.6 Å². The van der Waals surface area contributed by atoms with Crippen LogP contribution >= 0.6 is 0 Å². The molecule has 3 rings (SSSR count). The van der Waals surface area contributed by atoms with Crippen molar-refractivity contribution in [2.45, 2.75) is 32.6 Å². The average molecular weight is 445 g/mol. The normalized spacial score (nSPS) is 17.0. The Morgan fingerprint density at radius 2 is 1.97 bits per heavy atom. The van der Waals surface area contributed by atoms with Gasteiger partial charge in [-0.15, -0.1) is 0 Å². The van der Waals surface area contributed by atoms with Gasteiger partial charge in [-0.05, 0) is 55.3 Å². The Morgan fingerprint density at radius 1 is 1.25 bits per heavy atom. The van der Waals surface area contributed by atoms with Crippen molar-refractivity contribution >= 4 is 11.5 Å². The van der Waals surface area contributed by atoms with E-state index >= 15 is 0 Å². The molecule has 1 aromatic heterocycles. The SMILES string of the molecule is C=C(/C=C(\NCCC)c1ccco1)NC1=NC(c2ccc(C(F)(F)F)cc2)N(C)C(C)=C1. The Morgan fingerprint density at radius 3 is 2.56 bits per heavy atom. The van der Waals surface area contributed by atoms with Crippen LogP contribution in [0.5, 0.6) is 0 Å². The number of benzene rings is 1. The monoisotopic (exact) mass is 444 g/mol. The molecule has 1 aromatic carbocycles. The van der Waals surface area contributed by atoms with Crippen LogP contribution in [0.3, 0.4) is 0 Å². The van der Waals surface area contributed by atoms with Gasteiger partial charge in [-0.1, -0.05) is 25.6 Å². The summed E-state index contributed by atoms with van der Waals surface area (Å²) in [5.41, 5.74) is 2.29. The Balaban J connectivity index is 1.81. The van der Waals surface area contributed by atoms with Crippen LogP contribution in [0.1, 0.15) is 43.3 Å². The van der Waals surface area contributed by atoms with Gasteiger partial charge in [-0.3, -0.25) is 0 Å². The molecule has 0 fully saturated rings. The first-order chi connectivity index (χ1) is 15.2. The van der Waals surface area contributed by atoms with Crippen LogP contribution in [-0.4, -0.2) is 24.3 Å².